The zero-order valence-corrected chi connectivity index (χ0v) is 22.9. The van der Waals surface area contributed by atoms with Gasteiger partial charge in [-0.25, -0.2) is 4.98 Å². The maximum atomic E-state index is 13.2. The summed E-state index contributed by atoms with van der Waals surface area (Å²) in [5, 5.41) is 6.98. The van der Waals surface area contributed by atoms with Crippen molar-refractivity contribution in [3.63, 3.8) is 0 Å². The summed E-state index contributed by atoms with van der Waals surface area (Å²) < 4.78 is 7.23. The van der Waals surface area contributed by atoms with Gasteiger partial charge in [-0.1, -0.05) is 59.6 Å². The lowest BCUT2D eigenvalue weighted by molar-refractivity contribution is 0.0934. The van der Waals surface area contributed by atoms with Crippen LogP contribution in [0.5, 0.6) is 5.75 Å². The first-order valence-corrected chi connectivity index (χ1v) is 14.1. The molecule has 3 aliphatic carbocycles. The molecule has 1 aromatic carbocycles. The third kappa shape index (κ3) is 5.15. The molecule has 0 radical (unpaired) electrons. The average Bonchev–Trinajstić information content (AvgIpc) is 3.63. The second-order valence-electron chi connectivity index (χ2n) is 10.4. The number of aromatic amines is 1. The number of H-pyrrole nitrogens is 1. The molecule has 3 aromatic rings. The van der Waals surface area contributed by atoms with Gasteiger partial charge < -0.3 is 10.1 Å². The number of nitrogens with one attached hydrogen (secondary N) is 2. The van der Waals surface area contributed by atoms with Crippen LogP contribution in [0.2, 0.25) is 5.02 Å². The van der Waals surface area contributed by atoms with Crippen molar-refractivity contribution in [2.75, 3.05) is 6.54 Å². The third-order valence-corrected chi connectivity index (χ3v) is 8.72. The van der Waals surface area contributed by atoms with Crippen LogP contribution >= 0.6 is 23.2 Å². The fourth-order valence-electron chi connectivity index (χ4n) is 5.51. The Kier molecular flexibility index (Phi) is 7.08. The van der Waals surface area contributed by atoms with Crippen LogP contribution in [-0.2, 0) is 6.61 Å². The Hall–Kier alpha value is -3.36. The Labute approximate surface area is 235 Å². The van der Waals surface area contributed by atoms with Gasteiger partial charge in [0.05, 0.1) is 5.56 Å². The third-order valence-electron chi connectivity index (χ3n) is 7.92. The van der Waals surface area contributed by atoms with Crippen molar-refractivity contribution in [1.29, 1.82) is 0 Å². The van der Waals surface area contributed by atoms with E-state index in [4.69, 9.17) is 27.9 Å². The van der Waals surface area contributed by atoms with Crippen LogP contribution in [0.4, 0.5) is 0 Å². The number of aromatic nitrogens is 4. The number of benzene rings is 1. The van der Waals surface area contributed by atoms with E-state index in [9.17, 15) is 9.59 Å². The number of amides is 1. The van der Waals surface area contributed by atoms with Crippen molar-refractivity contribution < 1.29 is 9.53 Å². The molecule has 1 saturated carbocycles. The van der Waals surface area contributed by atoms with Gasteiger partial charge in [-0.3, -0.25) is 14.7 Å². The minimum absolute atomic E-state index is 0.0425. The molecule has 39 heavy (non-hydrogen) atoms. The molecule has 1 unspecified atom stereocenters. The summed E-state index contributed by atoms with van der Waals surface area (Å²) in [5.41, 5.74) is 1.24. The number of rotatable bonds is 8. The molecule has 3 aliphatic rings. The summed E-state index contributed by atoms with van der Waals surface area (Å²) in [6.45, 7) is 0.484. The molecule has 10 heteroatoms. The molecule has 0 aliphatic heterocycles. The van der Waals surface area contributed by atoms with Crippen LogP contribution in [0.25, 0.3) is 11.4 Å². The number of carbonyl (C=O) groups excluding carboxylic acids is 1. The zero-order valence-electron chi connectivity index (χ0n) is 21.4. The van der Waals surface area contributed by atoms with E-state index >= 15 is 0 Å². The summed E-state index contributed by atoms with van der Waals surface area (Å²) in [7, 11) is 0. The number of carbonyl (C=O) groups is 1. The first-order chi connectivity index (χ1) is 18.9. The number of hydrogen-bond acceptors (Lipinski definition) is 5. The molecular formula is C29H29Cl2N5O3. The number of halogens is 2. The van der Waals surface area contributed by atoms with Gasteiger partial charge in [-0.05, 0) is 68.1 Å². The van der Waals surface area contributed by atoms with Crippen LogP contribution in [0, 0.1) is 11.3 Å². The van der Waals surface area contributed by atoms with Crippen LogP contribution in [0.1, 0.15) is 66.8 Å². The maximum Gasteiger partial charge on any atom is 0.293 e. The molecule has 2 N–H and O–H groups in total. The molecule has 1 atom stereocenters. The summed E-state index contributed by atoms with van der Waals surface area (Å²) in [6.07, 6.45) is 15.2. The topological polar surface area (TPSA) is 101 Å². The van der Waals surface area contributed by atoms with Crippen LogP contribution in [0.15, 0.2) is 58.4 Å². The van der Waals surface area contributed by atoms with E-state index in [1.807, 2.05) is 12.2 Å². The molecule has 0 saturated heterocycles. The molecule has 8 nitrogen and oxygen atoms in total. The summed E-state index contributed by atoms with van der Waals surface area (Å²) >= 11 is 12.9. The zero-order chi connectivity index (χ0) is 27.0. The second kappa shape index (κ2) is 10.7. The Bertz CT molecular complexity index is 1580. The lowest BCUT2D eigenvalue weighted by atomic mass is 9.81. The summed E-state index contributed by atoms with van der Waals surface area (Å²) in [4.78, 5) is 35.1. The number of nitrogens with zero attached hydrogens (tertiary/aromatic N) is 3. The highest BCUT2D eigenvalue weighted by atomic mass is 35.5. The molecule has 1 fully saturated rings. The monoisotopic (exact) mass is 565 g/mol. The minimum Gasteiger partial charge on any atom is -0.486 e. The largest absolute Gasteiger partial charge is 0.486 e. The molecule has 202 valence electrons. The standard InChI is InChI=1S/C29H29Cl2N5O3/c30-21-12-6-5-11-20(21)29(14-15-29)17-32-26(37)19-10-4-7-13-23(19)39-16-22-24(31)27(38)36-28(33-22)34-25(35-36)18-8-2-1-3-9-18/h1-2,4,7-8,10,12-13,20H,3,5-6,9,11,14-17H2,(H,32,37)(H,33,34,35). The van der Waals surface area contributed by atoms with Crippen molar-refractivity contribution in [2.24, 2.45) is 11.3 Å². The van der Waals surface area contributed by atoms with E-state index in [1.54, 1.807) is 24.3 Å². The highest BCUT2D eigenvalue weighted by molar-refractivity contribution is 6.31. The predicted molar refractivity (Wildman–Crippen MR) is 151 cm³/mol. The molecule has 6 rings (SSSR count). The smallest absolute Gasteiger partial charge is 0.293 e. The van der Waals surface area contributed by atoms with Crippen molar-refractivity contribution >= 4 is 40.5 Å². The van der Waals surface area contributed by atoms with Gasteiger partial charge in [-0.15, -0.1) is 0 Å². The van der Waals surface area contributed by atoms with E-state index in [1.165, 1.54) is 4.52 Å². The van der Waals surface area contributed by atoms with Gasteiger partial charge in [-0.2, -0.15) is 9.50 Å². The molecule has 0 spiro atoms. The van der Waals surface area contributed by atoms with E-state index in [0.717, 1.165) is 55.6 Å². The number of fused-ring (bicyclic) bond motifs is 1. The summed E-state index contributed by atoms with van der Waals surface area (Å²) in [5.74, 6) is 1.28. The van der Waals surface area contributed by atoms with Crippen molar-refractivity contribution in [2.45, 2.75) is 51.6 Å². The van der Waals surface area contributed by atoms with E-state index in [0.29, 0.717) is 29.6 Å². The van der Waals surface area contributed by atoms with Gasteiger partial charge in [0.1, 0.15) is 23.1 Å². The highest BCUT2D eigenvalue weighted by Crippen LogP contribution is 2.57. The molecular weight excluding hydrogens is 537 g/mol. The number of para-hydroxylation sites is 1. The summed E-state index contributed by atoms with van der Waals surface area (Å²) in [6, 6.07) is 7.02. The Morgan fingerprint density at radius 1 is 1.21 bits per heavy atom. The van der Waals surface area contributed by atoms with E-state index in [2.05, 4.69) is 32.5 Å². The lowest BCUT2D eigenvalue weighted by Gasteiger charge is -2.29. The SMILES string of the molecule is O=C(NCC1(C2CCCC=C2Cl)CC1)c1ccccc1OCc1nc2nc(C3=CC=CCC3)[nH]n2c(=O)c1Cl. The quantitative estimate of drug-likeness (QED) is 0.358. The fourth-order valence-corrected chi connectivity index (χ4v) is 6.14. The number of ether oxygens (including phenoxy) is 1. The second-order valence-corrected chi connectivity index (χ2v) is 11.3. The Morgan fingerprint density at radius 3 is 2.82 bits per heavy atom. The fraction of sp³-hybridized carbons (Fsp3) is 0.379. The van der Waals surface area contributed by atoms with Gasteiger partial charge in [0.25, 0.3) is 17.2 Å². The minimum atomic E-state index is -0.456. The normalized spacial score (nSPS) is 19.9. The van der Waals surface area contributed by atoms with Gasteiger partial charge in [0.2, 0.25) is 0 Å². The van der Waals surface area contributed by atoms with E-state index in [-0.39, 0.29) is 34.4 Å². The molecule has 2 heterocycles. The van der Waals surface area contributed by atoms with Crippen molar-refractivity contribution in [3.8, 4) is 5.75 Å². The highest BCUT2D eigenvalue weighted by Gasteiger charge is 2.50. The Balaban J connectivity index is 1.17. The molecule has 2 aromatic heterocycles. The van der Waals surface area contributed by atoms with Crippen LogP contribution in [-0.4, -0.2) is 32.0 Å². The van der Waals surface area contributed by atoms with Gasteiger partial charge in [0.15, 0.2) is 5.82 Å². The first kappa shape index (κ1) is 25.9. The Morgan fingerprint density at radius 2 is 2.05 bits per heavy atom. The van der Waals surface area contributed by atoms with Crippen molar-refractivity contribution in [3.05, 3.63) is 86.1 Å². The molecule has 0 bridgehead atoms. The first-order valence-electron chi connectivity index (χ1n) is 13.3. The van der Waals surface area contributed by atoms with Crippen molar-refractivity contribution in [1.82, 2.24) is 24.9 Å². The predicted octanol–water partition coefficient (Wildman–Crippen LogP) is 5.82. The number of hydrogen-bond donors (Lipinski definition) is 2. The average molecular weight is 566 g/mol. The van der Waals surface area contributed by atoms with Crippen LogP contribution in [0.3, 0.4) is 0 Å². The van der Waals surface area contributed by atoms with Crippen LogP contribution < -0.4 is 15.6 Å². The van der Waals surface area contributed by atoms with E-state index < -0.39 is 5.56 Å². The maximum absolute atomic E-state index is 13.2. The van der Waals surface area contributed by atoms with Gasteiger partial charge in [0, 0.05) is 17.5 Å². The number of allylic oxidation sites excluding steroid dienone is 6. The lowest BCUT2D eigenvalue weighted by Crippen LogP contribution is -2.35. The molecule has 1 amide bonds. The van der Waals surface area contributed by atoms with Gasteiger partial charge >= 0.3 is 0 Å².